The van der Waals surface area contributed by atoms with E-state index in [0.717, 1.165) is 17.7 Å². The van der Waals surface area contributed by atoms with E-state index in [9.17, 15) is 21.6 Å². The van der Waals surface area contributed by atoms with E-state index < -0.39 is 15.5 Å². The van der Waals surface area contributed by atoms with Crippen LogP contribution in [0.15, 0.2) is 23.3 Å². The maximum Gasteiger partial charge on any atom is 0.511 e. The number of hydrogen-bond acceptors (Lipinski definition) is 4. The molecule has 7 nitrogen and oxygen atoms in total. The van der Waals surface area contributed by atoms with Gasteiger partial charge in [0.25, 0.3) is 0 Å². The third-order valence-electron chi connectivity index (χ3n) is 4.74. The third-order valence-corrected chi connectivity index (χ3v) is 6.37. The fourth-order valence-electron chi connectivity index (χ4n) is 3.01. The summed E-state index contributed by atoms with van der Waals surface area (Å²) in [7, 11) is -5.24. The van der Waals surface area contributed by atoms with Crippen molar-refractivity contribution in [3.05, 3.63) is 29.6 Å². The van der Waals surface area contributed by atoms with E-state index in [1.807, 2.05) is 32.2 Å². The van der Waals surface area contributed by atoms with E-state index in [0.29, 0.717) is 42.7 Å². The van der Waals surface area contributed by atoms with Crippen LogP contribution in [0.1, 0.15) is 31.0 Å². The van der Waals surface area contributed by atoms with Crippen molar-refractivity contribution in [3.63, 3.8) is 0 Å². The van der Waals surface area contributed by atoms with Crippen LogP contribution in [-0.4, -0.2) is 61.9 Å². The predicted molar refractivity (Wildman–Crippen MR) is 106 cm³/mol. The van der Waals surface area contributed by atoms with Crippen LogP contribution in [-0.2, 0) is 16.4 Å². The number of sulfonamides is 1. The molecule has 1 saturated heterocycles. The van der Waals surface area contributed by atoms with E-state index in [2.05, 4.69) is 20.6 Å². The molecule has 11 heteroatoms. The Kier molecular flexibility index (Phi) is 8.26. The lowest BCUT2D eigenvalue weighted by molar-refractivity contribution is -0.0496. The van der Waals surface area contributed by atoms with Gasteiger partial charge in [0.2, 0.25) is 0 Å². The van der Waals surface area contributed by atoms with Crippen molar-refractivity contribution in [2.75, 3.05) is 32.7 Å². The second kappa shape index (κ2) is 10.2. The molecule has 1 fully saturated rings. The van der Waals surface area contributed by atoms with Crippen LogP contribution in [0.3, 0.4) is 0 Å². The zero-order valence-electron chi connectivity index (χ0n) is 16.7. The minimum absolute atomic E-state index is 0.0476. The molecule has 2 N–H and O–H groups in total. The normalized spacial score (nSPS) is 17.3. The monoisotopic (exact) mass is 435 g/mol. The molecule has 0 radical (unpaired) electrons. The molecule has 0 unspecified atom stereocenters. The predicted octanol–water partition coefficient (Wildman–Crippen LogP) is 2.05. The molecule has 2 rings (SSSR count). The summed E-state index contributed by atoms with van der Waals surface area (Å²) in [5, 5.41) is 6.37. The maximum atomic E-state index is 12.6. The summed E-state index contributed by atoms with van der Waals surface area (Å²) >= 11 is 0. The van der Waals surface area contributed by atoms with E-state index in [1.54, 1.807) is 0 Å². The van der Waals surface area contributed by atoms with Crippen LogP contribution in [0.5, 0.6) is 0 Å². The van der Waals surface area contributed by atoms with E-state index in [4.69, 9.17) is 0 Å². The third kappa shape index (κ3) is 6.84. The SMILES string of the molecule is CCNC(=NCC1CCN(S(=O)(=O)C(F)(F)F)CC1)NCCc1ccc(C)nc1. The van der Waals surface area contributed by atoms with Crippen molar-refractivity contribution in [1.29, 1.82) is 0 Å². The van der Waals surface area contributed by atoms with Crippen molar-refractivity contribution in [3.8, 4) is 0 Å². The molecule has 0 aliphatic carbocycles. The van der Waals surface area contributed by atoms with E-state index >= 15 is 0 Å². The van der Waals surface area contributed by atoms with Gasteiger partial charge in [0.15, 0.2) is 5.96 Å². The quantitative estimate of drug-likeness (QED) is 0.506. The standard InChI is InChI=1S/C18H28F3N5O2S/c1-3-22-17(23-9-6-15-5-4-14(2)24-12-15)25-13-16-7-10-26(11-8-16)29(27,28)18(19,20)21/h4-5,12,16H,3,6-11,13H2,1-2H3,(H2,22,23,25). The zero-order chi connectivity index (χ0) is 21.5. The molecule has 0 bridgehead atoms. The van der Waals surface area contributed by atoms with E-state index in [1.165, 1.54) is 0 Å². The van der Waals surface area contributed by atoms with Crippen molar-refractivity contribution in [2.24, 2.45) is 10.9 Å². The number of aryl methyl sites for hydroxylation is 1. The first kappa shape index (κ1) is 23.4. The Bertz CT molecular complexity index is 774. The molecule has 1 aliphatic rings. The summed E-state index contributed by atoms with van der Waals surface area (Å²) in [5.41, 5.74) is -3.17. The molecule has 29 heavy (non-hydrogen) atoms. The minimum Gasteiger partial charge on any atom is -0.357 e. The van der Waals surface area contributed by atoms with Gasteiger partial charge in [-0.25, -0.2) is 8.42 Å². The second-order valence-electron chi connectivity index (χ2n) is 7.00. The summed E-state index contributed by atoms with van der Waals surface area (Å²) in [6.07, 6.45) is 3.33. The van der Waals surface area contributed by atoms with Crippen molar-refractivity contribution in [1.82, 2.24) is 19.9 Å². The first-order valence-corrected chi connectivity index (χ1v) is 11.1. The van der Waals surface area contributed by atoms with Gasteiger partial charge in [0.05, 0.1) is 0 Å². The first-order valence-electron chi connectivity index (χ1n) is 9.63. The molecule has 2 heterocycles. The molecule has 1 aliphatic heterocycles. The molecule has 164 valence electrons. The summed E-state index contributed by atoms with van der Waals surface area (Å²) in [6.45, 7) is 5.39. The highest BCUT2D eigenvalue weighted by Crippen LogP contribution is 2.30. The number of halogens is 3. The van der Waals surface area contributed by atoms with Crippen LogP contribution in [0.4, 0.5) is 13.2 Å². The Morgan fingerprint density at radius 3 is 2.52 bits per heavy atom. The van der Waals surface area contributed by atoms with Crippen LogP contribution in [0, 0.1) is 12.8 Å². The molecule has 0 saturated carbocycles. The van der Waals surface area contributed by atoms with Crippen LogP contribution in [0.25, 0.3) is 0 Å². The Hall–Kier alpha value is -1.88. The largest absolute Gasteiger partial charge is 0.511 e. The van der Waals surface area contributed by atoms with Crippen molar-refractivity contribution >= 4 is 16.0 Å². The smallest absolute Gasteiger partial charge is 0.357 e. The van der Waals surface area contributed by atoms with Gasteiger partial charge in [-0.3, -0.25) is 9.98 Å². The lowest BCUT2D eigenvalue weighted by Gasteiger charge is -2.30. The Balaban J connectivity index is 1.82. The van der Waals surface area contributed by atoms with Gasteiger partial charge in [-0.2, -0.15) is 17.5 Å². The summed E-state index contributed by atoms with van der Waals surface area (Å²) in [6, 6.07) is 3.98. The molecule has 1 aromatic heterocycles. The van der Waals surface area contributed by atoms with Gasteiger partial charge in [-0.1, -0.05) is 6.07 Å². The Labute approximate surface area is 169 Å². The molecular weight excluding hydrogens is 407 g/mol. The fourth-order valence-corrected chi connectivity index (χ4v) is 4.00. The minimum atomic E-state index is -5.24. The average molecular weight is 436 g/mol. The number of rotatable bonds is 7. The van der Waals surface area contributed by atoms with Gasteiger partial charge < -0.3 is 10.6 Å². The Morgan fingerprint density at radius 2 is 1.97 bits per heavy atom. The van der Waals surface area contributed by atoms with Crippen LogP contribution < -0.4 is 10.6 Å². The molecule has 0 atom stereocenters. The number of hydrogen-bond donors (Lipinski definition) is 2. The number of aliphatic imine (C=N–C) groups is 1. The number of nitrogens with zero attached hydrogens (tertiary/aromatic N) is 3. The number of aromatic nitrogens is 1. The van der Waals surface area contributed by atoms with Gasteiger partial charge >= 0.3 is 15.5 Å². The number of pyridine rings is 1. The lowest BCUT2D eigenvalue weighted by Crippen LogP contribution is -2.45. The van der Waals surface area contributed by atoms with Crippen LogP contribution >= 0.6 is 0 Å². The molecule has 0 spiro atoms. The highest BCUT2D eigenvalue weighted by atomic mass is 32.2. The second-order valence-corrected chi connectivity index (χ2v) is 8.93. The number of alkyl halides is 3. The van der Waals surface area contributed by atoms with Gasteiger partial charge in [0, 0.05) is 44.6 Å². The van der Waals surface area contributed by atoms with Gasteiger partial charge in [0.1, 0.15) is 0 Å². The molecule has 0 aromatic carbocycles. The Morgan fingerprint density at radius 1 is 1.28 bits per heavy atom. The lowest BCUT2D eigenvalue weighted by atomic mass is 9.98. The van der Waals surface area contributed by atoms with Crippen molar-refractivity contribution < 1.29 is 21.6 Å². The molecular formula is C18H28F3N5O2S. The number of nitrogens with one attached hydrogen (secondary N) is 2. The van der Waals surface area contributed by atoms with Crippen LogP contribution in [0.2, 0.25) is 0 Å². The summed E-state index contributed by atoms with van der Waals surface area (Å²) < 4.78 is 61.4. The summed E-state index contributed by atoms with van der Waals surface area (Å²) in [5.74, 6) is 0.685. The van der Waals surface area contributed by atoms with Gasteiger partial charge in [-0.05, 0) is 50.7 Å². The average Bonchev–Trinajstić information content (AvgIpc) is 2.67. The highest BCUT2D eigenvalue weighted by molar-refractivity contribution is 7.90. The van der Waals surface area contributed by atoms with Gasteiger partial charge in [-0.15, -0.1) is 0 Å². The van der Waals surface area contributed by atoms with Crippen molar-refractivity contribution in [2.45, 2.75) is 38.6 Å². The molecule has 0 amide bonds. The topological polar surface area (TPSA) is 86.7 Å². The van der Waals surface area contributed by atoms with E-state index in [-0.39, 0.29) is 19.0 Å². The highest BCUT2D eigenvalue weighted by Gasteiger charge is 2.50. The fraction of sp³-hybridized carbons (Fsp3) is 0.667. The maximum absolute atomic E-state index is 12.6. The number of guanidine groups is 1. The number of piperidine rings is 1. The first-order chi connectivity index (χ1) is 13.6. The zero-order valence-corrected chi connectivity index (χ0v) is 17.5. The molecule has 1 aromatic rings. The summed E-state index contributed by atoms with van der Waals surface area (Å²) in [4.78, 5) is 8.77.